The van der Waals surface area contributed by atoms with Gasteiger partial charge in [0.1, 0.15) is 0 Å². The van der Waals surface area contributed by atoms with Gasteiger partial charge in [-0.15, -0.1) is 0 Å². The molecule has 0 unspecified atom stereocenters. The zero-order chi connectivity index (χ0) is 13.4. The number of rotatable bonds is 1. The molecule has 0 fully saturated rings. The van der Waals surface area contributed by atoms with Crippen molar-refractivity contribution in [1.29, 1.82) is 0 Å². The number of hydrogen-bond donors (Lipinski definition) is 1. The number of benzene rings is 1. The van der Waals surface area contributed by atoms with Gasteiger partial charge in [0, 0.05) is 11.1 Å². The first-order valence-electron chi connectivity index (χ1n) is 5.73. The molecule has 1 amide bonds. The van der Waals surface area contributed by atoms with Crippen LogP contribution in [-0.4, -0.2) is 26.1 Å². The standard InChI is InChI=1S/C13H10ClN3O2/c14-12-15-10-7-17(13(18)19)6-9(10)11(16-12)8-4-2-1-3-5-8/h1-5H,6-7H2,(H,18,19). The minimum absolute atomic E-state index is 0.143. The SMILES string of the molecule is O=C(O)N1Cc2nc(Cl)nc(-c3ccccc3)c2C1. The monoisotopic (exact) mass is 275 g/mol. The minimum Gasteiger partial charge on any atom is -0.465 e. The highest BCUT2D eigenvalue weighted by Crippen LogP contribution is 2.31. The maximum Gasteiger partial charge on any atom is 0.407 e. The highest BCUT2D eigenvalue weighted by Gasteiger charge is 2.28. The van der Waals surface area contributed by atoms with E-state index in [1.165, 1.54) is 4.90 Å². The second kappa shape index (κ2) is 4.51. The van der Waals surface area contributed by atoms with Gasteiger partial charge in [-0.1, -0.05) is 30.3 Å². The van der Waals surface area contributed by atoms with Crippen molar-refractivity contribution in [3.63, 3.8) is 0 Å². The number of nitrogens with zero attached hydrogens (tertiary/aromatic N) is 3. The van der Waals surface area contributed by atoms with E-state index < -0.39 is 6.09 Å². The minimum atomic E-state index is -0.965. The van der Waals surface area contributed by atoms with Crippen LogP contribution in [-0.2, 0) is 13.1 Å². The van der Waals surface area contributed by atoms with E-state index in [-0.39, 0.29) is 11.8 Å². The van der Waals surface area contributed by atoms with Crippen LogP contribution in [0.25, 0.3) is 11.3 Å². The molecule has 0 spiro atoms. The highest BCUT2D eigenvalue weighted by atomic mass is 35.5. The summed E-state index contributed by atoms with van der Waals surface area (Å²) in [7, 11) is 0. The third-order valence-corrected chi connectivity index (χ3v) is 3.24. The highest BCUT2D eigenvalue weighted by molar-refractivity contribution is 6.28. The summed E-state index contributed by atoms with van der Waals surface area (Å²) < 4.78 is 0. The molecule has 6 heteroatoms. The molecule has 0 saturated carbocycles. The van der Waals surface area contributed by atoms with Gasteiger partial charge in [-0.05, 0) is 11.6 Å². The second-order valence-electron chi connectivity index (χ2n) is 4.27. The Labute approximate surface area is 114 Å². The summed E-state index contributed by atoms with van der Waals surface area (Å²) in [5, 5.41) is 9.20. The van der Waals surface area contributed by atoms with Crippen LogP contribution in [0.5, 0.6) is 0 Å². The fourth-order valence-electron chi connectivity index (χ4n) is 2.19. The number of hydrogen-bond acceptors (Lipinski definition) is 3. The lowest BCUT2D eigenvalue weighted by molar-refractivity contribution is 0.145. The van der Waals surface area contributed by atoms with Gasteiger partial charge in [0.2, 0.25) is 5.28 Å². The molecule has 2 aromatic rings. The average molecular weight is 276 g/mol. The fraction of sp³-hybridized carbons (Fsp3) is 0.154. The molecule has 1 aromatic heterocycles. The van der Waals surface area contributed by atoms with E-state index in [0.717, 1.165) is 11.1 Å². The summed E-state index contributed by atoms with van der Waals surface area (Å²) in [6.45, 7) is 0.554. The van der Waals surface area contributed by atoms with Crippen molar-refractivity contribution in [2.75, 3.05) is 0 Å². The smallest absolute Gasteiger partial charge is 0.407 e. The van der Waals surface area contributed by atoms with Crippen molar-refractivity contribution in [3.05, 3.63) is 46.9 Å². The molecular weight excluding hydrogens is 266 g/mol. The number of aromatic nitrogens is 2. The van der Waals surface area contributed by atoms with E-state index in [9.17, 15) is 4.79 Å². The second-order valence-corrected chi connectivity index (χ2v) is 4.61. The van der Waals surface area contributed by atoms with E-state index in [1.54, 1.807) is 0 Å². The molecule has 1 aliphatic rings. The number of carbonyl (C=O) groups is 1. The van der Waals surface area contributed by atoms with E-state index in [2.05, 4.69) is 9.97 Å². The number of fused-ring (bicyclic) bond motifs is 1. The van der Waals surface area contributed by atoms with Gasteiger partial charge >= 0.3 is 6.09 Å². The normalized spacial score (nSPS) is 13.4. The van der Waals surface area contributed by atoms with Crippen molar-refractivity contribution < 1.29 is 9.90 Å². The van der Waals surface area contributed by atoms with E-state index in [4.69, 9.17) is 16.7 Å². The van der Waals surface area contributed by atoms with Crippen molar-refractivity contribution in [2.24, 2.45) is 0 Å². The Morgan fingerprint density at radius 1 is 1.21 bits per heavy atom. The Bertz CT molecular complexity index is 646. The Hall–Kier alpha value is -2.14. The van der Waals surface area contributed by atoms with Crippen LogP contribution in [0.15, 0.2) is 30.3 Å². The largest absolute Gasteiger partial charge is 0.465 e. The third-order valence-electron chi connectivity index (χ3n) is 3.07. The predicted octanol–water partition coefficient (Wildman–Crippen LogP) is 2.79. The fourth-order valence-corrected chi connectivity index (χ4v) is 2.38. The summed E-state index contributed by atoms with van der Waals surface area (Å²) in [5.74, 6) is 0. The van der Waals surface area contributed by atoms with Crippen molar-refractivity contribution >= 4 is 17.7 Å². The number of carboxylic acid groups (broad SMARTS) is 1. The third kappa shape index (κ3) is 2.13. The lowest BCUT2D eigenvalue weighted by Crippen LogP contribution is -2.22. The molecule has 2 heterocycles. The molecular formula is C13H10ClN3O2. The van der Waals surface area contributed by atoms with Gasteiger partial charge in [-0.25, -0.2) is 14.8 Å². The van der Waals surface area contributed by atoms with Crippen LogP contribution < -0.4 is 0 Å². The lowest BCUT2D eigenvalue weighted by atomic mass is 10.1. The molecule has 1 aromatic carbocycles. The van der Waals surface area contributed by atoms with Gasteiger partial charge in [0.05, 0.1) is 24.5 Å². The quantitative estimate of drug-likeness (QED) is 0.813. The maximum absolute atomic E-state index is 11.0. The Balaban J connectivity index is 2.11. The molecule has 0 radical (unpaired) electrons. The van der Waals surface area contributed by atoms with Crippen LogP contribution in [0, 0.1) is 0 Å². The van der Waals surface area contributed by atoms with Crippen LogP contribution >= 0.6 is 11.6 Å². The molecule has 19 heavy (non-hydrogen) atoms. The van der Waals surface area contributed by atoms with E-state index >= 15 is 0 Å². The summed E-state index contributed by atoms with van der Waals surface area (Å²) in [5.41, 5.74) is 3.13. The first-order valence-corrected chi connectivity index (χ1v) is 6.11. The van der Waals surface area contributed by atoms with Gasteiger partial charge in [-0.2, -0.15) is 0 Å². The van der Waals surface area contributed by atoms with Gasteiger partial charge in [0.25, 0.3) is 0 Å². The number of halogens is 1. The van der Waals surface area contributed by atoms with Crippen molar-refractivity contribution in [3.8, 4) is 11.3 Å². The first kappa shape index (κ1) is 11.9. The first-order chi connectivity index (χ1) is 9.15. The molecule has 1 aliphatic heterocycles. The molecule has 0 bridgehead atoms. The lowest BCUT2D eigenvalue weighted by Gasteiger charge is -2.09. The summed E-state index contributed by atoms with van der Waals surface area (Å²) in [6, 6.07) is 9.56. The Morgan fingerprint density at radius 2 is 1.95 bits per heavy atom. The zero-order valence-electron chi connectivity index (χ0n) is 9.88. The topological polar surface area (TPSA) is 66.3 Å². The van der Waals surface area contributed by atoms with Gasteiger partial charge in [0.15, 0.2) is 0 Å². The van der Waals surface area contributed by atoms with Crippen LogP contribution in [0.2, 0.25) is 5.28 Å². The zero-order valence-corrected chi connectivity index (χ0v) is 10.6. The average Bonchev–Trinajstić information content (AvgIpc) is 2.82. The van der Waals surface area contributed by atoms with Gasteiger partial charge < -0.3 is 5.11 Å². The molecule has 0 saturated heterocycles. The van der Waals surface area contributed by atoms with Crippen molar-refractivity contribution in [1.82, 2.24) is 14.9 Å². The maximum atomic E-state index is 11.0. The summed E-state index contributed by atoms with van der Waals surface area (Å²) in [6.07, 6.45) is -0.965. The van der Waals surface area contributed by atoms with Crippen molar-refractivity contribution in [2.45, 2.75) is 13.1 Å². The van der Waals surface area contributed by atoms with Crippen LogP contribution in [0.1, 0.15) is 11.3 Å². The molecule has 5 nitrogen and oxygen atoms in total. The molecule has 0 atom stereocenters. The number of amides is 1. The summed E-state index contributed by atoms with van der Waals surface area (Å²) >= 11 is 5.92. The van der Waals surface area contributed by atoms with Crippen LogP contribution in [0.3, 0.4) is 0 Å². The molecule has 1 N–H and O–H groups in total. The molecule has 0 aliphatic carbocycles. The van der Waals surface area contributed by atoms with Crippen LogP contribution in [0.4, 0.5) is 4.79 Å². The predicted molar refractivity (Wildman–Crippen MR) is 69.7 cm³/mol. The molecule has 96 valence electrons. The summed E-state index contributed by atoms with van der Waals surface area (Å²) in [4.78, 5) is 20.7. The van der Waals surface area contributed by atoms with E-state index in [1.807, 2.05) is 30.3 Å². The molecule has 3 rings (SSSR count). The Morgan fingerprint density at radius 3 is 2.63 bits per heavy atom. The van der Waals surface area contributed by atoms with E-state index in [0.29, 0.717) is 17.9 Å². The Kier molecular flexibility index (Phi) is 2.83. The van der Waals surface area contributed by atoms with Gasteiger partial charge in [-0.3, -0.25) is 4.90 Å².